The van der Waals surface area contributed by atoms with Crippen molar-refractivity contribution < 1.29 is 14.3 Å². The van der Waals surface area contributed by atoms with Gasteiger partial charge in [-0.05, 0) is 6.42 Å². The van der Waals surface area contributed by atoms with E-state index in [2.05, 4.69) is 5.32 Å². The average molecular weight is 157 g/mol. The van der Waals surface area contributed by atoms with Crippen LogP contribution in [0.25, 0.3) is 0 Å². The number of carbonyl (C=O) groups is 1. The van der Waals surface area contributed by atoms with Gasteiger partial charge in [-0.25, -0.2) is 4.79 Å². The molecule has 2 aliphatic heterocycles. The molecular weight excluding hydrogens is 146 g/mol. The zero-order valence-corrected chi connectivity index (χ0v) is 6.26. The summed E-state index contributed by atoms with van der Waals surface area (Å²) < 4.78 is 9.97. The Balaban J connectivity index is 2.05. The molecule has 1 unspecified atom stereocenters. The van der Waals surface area contributed by atoms with Crippen molar-refractivity contribution in [1.82, 2.24) is 5.32 Å². The normalized spacial score (nSPS) is 36.9. The first-order valence-corrected chi connectivity index (χ1v) is 3.83. The molecule has 11 heavy (non-hydrogen) atoms. The van der Waals surface area contributed by atoms with Crippen molar-refractivity contribution in [3.8, 4) is 0 Å². The summed E-state index contributed by atoms with van der Waals surface area (Å²) in [4.78, 5) is 10.8. The van der Waals surface area contributed by atoms with Crippen LogP contribution in [0.4, 0.5) is 4.79 Å². The zero-order valence-electron chi connectivity index (χ0n) is 6.26. The molecule has 2 rings (SSSR count). The minimum absolute atomic E-state index is 0.102. The molecule has 1 N–H and O–H groups in total. The van der Waals surface area contributed by atoms with Crippen LogP contribution in [0.2, 0.25) is 0 Å². The van der Waals surface area contributed by atoms with Crippen LogP contribution in [0.5, 0.6) is 0 Å². The number of carbonyl (C=O) groups excluding carboxylic acids is 1. The lowest BCUT2D eigenvalue weighted by Gasteiger charge is -2.32. The highest BCUT2D eigenvalue weighted by Gasteiger charge is 2.39. The van der Waals surface area contributed by atoms with Crippen molar-refractivity contribution in [2.75, 3.05) is 19.8 Å². The van der Waals surface area contributed by atoms with Crippen LogP contribution in [0.3, 0.4) is 0 Å². The van der Waals surface area contributed by atoms with E-state index in [0.29, 0.717) is 13.2 Å². The molecule has 0 bridgehead atoms. The molecule has 4 heteroatoms. The molecule has 1 amide bonds. The number of cyclic esters (lactones) is 1. The molecule has 0 aromatic heterocycles. The van der Waals surface area contributed by atoms with Gasteiger partial charge < -0.3 is 14.8 Å². The van der Waals surface area contributed by atoms with E-state index in [0.717, 1.165) is 19.4 Å². The van der Waals surface area contributed by atoms with Gasteiger partial charge >= 0.3 is 6.09 Å². The van der Waals surface area contributed by atoms with Gasteiger partial charge in [0.05, 0.1) is 18.8 Å². The first-order valence-electron chi connectivity index (χ1n) is 3.83. The summed E-state index contributed by atoms with van der Waals surface area (Å²) >= 11 is 0. The Morgan fingerprint density at radius 3 is 2.82 bits per heavy atom. The highest BCUT2D eigenvalue weighted by molar-refractivity contribution is 5.69. The first-order chi connectivity index (χ1) is 5.31. The van der Waals surface area contributed by atoms with Crippen LogP contribution in [-0.4, -0.2) is 31.5 Å². The molecule has 0 aromatic carbocycles. The number of rotatable bonds is 0. The molecule has 1 atom stereocenters. The minimum atomic E-state index is -0.304. The van der Waals surface area contributed by atoms with Crippen LogP contribution >= 0.6 is 0 Å². The molecule has 0 radical (unpaired) electrons. The largest absolute Gasteiger partial charge is 0.449 e. The Hall–Kier alpha value is -0.770. The van der Waals surface area contributed by atoms with Gasteiger partial charge in [0.15, 0.2) is 0 Å². The van der Waals surface area contributed by atoms with Gasteiger partial charge in [-0.3, -0.25) is 0 Å². The van der Waals surface area contributed by atoms with Crippen LogP contribution in [-0.2, 0) is 9.47 Å². The van der Waals surface area contributed by atoms with Crippen molar-refractivity contribution in [3.63, 3.8) is 0 Å². The highest BCUT2D eigenvalue weighted by atomic mass is 16.6. The fourth-order valence-corrected chi connectivity index (χ4v) is 1.56. The van der Waals surface area contributed by atoms with E-state index in [9.17, 15) is 4.79 Å². The van der Waals surface area contributed by atoms with Crippen molar-refractivity contribution in [2.45, 2.75) is 18.4 Å². The average Bonchev–Trinajstić information content (AvgIpc) is 2.37. The van der Waals surface area contributed by atoms with Gasteiger partial charge in [0, 0.05) is 13.0 Å². The van der Waals surface area contributed by atoms with Gasteiger partial charge in [0.2, 0.25) is 0 Å². The molecule has 1 spiro atoms. The number of hydrogen-bond donors (Lipinski definition) is 1. The maximum absolute atomic E-state index is 10.8. The summed E-state index contributed by atoms with van der Waals surface area (Å²) in [6.07, 6.45) is 1.49. The van der Waals surface area contributed by atoms with Crippen molar-refractivity contribution in [1.29, 1.82) is 0 Å². The molecule has 0 aliphatic carbocycles. The second-order valence-corrected chi connectivity index (χ2v) is 3.09. The van der Waals surface area contributed by atoms with E-state index in [1.807, 2.05) is 0 Å². The fraction of sp³-hybridized carbons (Fsp3) is 0.857. The lowest BCUT2D eigenvalue weighted by molar-refractivity contribution is 0.0774. The summed E-state index contributed by atoms with van der Waals surface area (Å²) in [7, 11) is 0. The third-order valence-corrected chi connectivity index (χ3v) is 2.28. The molecule has 0 saturated carbocycles. The van der Waals surface area contributed by atoms with Crippen LogP contribution < -0.4 is 5.32 Å². The summed E-state index contributed by atoms with van der Waals surface area (Å²) in [5, 5.41) is 2.81. The Bertz CT molecular complexity index is 175. The van der Waals surface area contributed by atoms with Gasteiger partial charge in [0.1, 0.15) is 0 Å². The lowest BCUT2D eigenvalue weighted by atomic mass is 9.94. The van der Waals surface area contributed by atoms with Gasteiger partial charge in [-0.2, -0.15) is 0 Å². The number of amides is 1. The summed E-state index contributed by atoms with van der Waals surface area (Å²) in [5.41, 5.74) is -0.102. The van der Waals surface area contributed by atoms with Crippen LogP contribution in [0.15, 0.2) is 0 Å². The van der Waals surface area contributed by atoms with Crippen LogP contribution in [0.1, 0.15) is 12.8 Å². The number of ether oxygens (including phenoxy) is 2. The molecule has 2 aliphatic rings. The van der Waals surface area contributed by atoms with Crippen molar-refractivity contribution in [2.24, 2.45) is 0 Å². The van der Waals surface area contributed by atoms with Gasteiger partial charge in [-0.1, -0.05) is 0 Å². The monoisotopic (exact) mass is 157 g/mol. The second-order valence-electron chi connectivity index (χ2n) is 3.09. The van der Waals surface area contributed by atoms with E-state index in [1.165, 1.54) is 0 Å². The third-order valence-electron chi connectivity index (χ3n) is 2.28. The van der Waals surface area contributed by atoms with E-state index in [-0.39, 0.29) is 11.6 Å². The fourth-order valence-electron chi connectivity index (χ4n) is 1.56. The maximum atomic E-state index is 10.8. The summed E-state index contributed by atoms with van der Waals surface area (Å²) in [5.74, 6) is 0. The number of hydrogen-bond acceptors (Lipinski definition) is 3. The van der Waals surface area contributed by atoms with E-state index >= 15 is 0 Å². The molecule has 4 nitrogen and oxygen atoms in total. The van der Waals surface area contributed by atoms with Crippen LogP contribution in [0, 0.1) is 0 Å². The smallest absolute Gasteiger partial charge is 0.407 e. The Labute approximate surface area is 64.9 Å². The second kappa shape index (κ2) is 2.37. The minimum Gasteiger partial charge on any atom is -0.449 e. The molecular formula is C7H11NO3. The Kier molecular flexibility index (Phi) is 1.49. The van der Waals surface area contributed by atoms with E-state index in [1.54, 1.807) is 0 Å². The Morgan fingerprint density at radius 1 is 1.36 bits per heavy atom. The molecule has 2 fully saturated rings. The molecule has 0 aromatic rings. The Morgan fingerprint density at radius 2 is 2.18 bits per heavy atom. The topological polar surface area (TPSA) is 47.6 Å². The zero-order chi connectivity index (χ0) is 7.73. The van der Waals surface area contributed by atoms with Crippen molar-refractivity contribution >= 4 is 6.09 Å². The standard InChI is InChI=1S/C7H11NO3/c9-6-8-7(2-4-11-6)1-3-10-5-7/h1-5H2,(H,8,9). The number of alkyl carbamates (subject to hydrolysis) is 1. The maximum Gasteiger partial charge on any atom is 0.407 e. The molecule has 2 heterocycles. The predicted octanol–water partition coefficient (Wildman–Crippen LogP) is 0.275. The predicted molar refractivity (Wildman–Crippen MR) is 37.3 cm³/mol. The van der Waals surface area contributed by atoms with Crippen molar-refractivity contribution in [3.05, 3.63) is 0 Å². The number of nitrogens with one attached hydrogen (secondary N) is 1. The first kappa shape index (κ1) is 6.91. The third kappa shape index (κ3) is 1.18. The summed E-state index contributed by atoms with van der Waals surface area (Å²) in [6, 6.07) is 0. The lowest BCUT2D eigenvalue weighted by Crippen LogP contribution is -2.53. The SMILES string of the molecule is O=C1NC2(CCOC2)CCO1. The quantitative estimate of drug-likeness (QED) is 0.549. The highest BCUT2D eigenvalue weighted by Crippen LogP contribution is 2.24. The molecule has 2 saturated heterocycles. The van der Waals surface area contributed by atoms with Gasteiger partial charge in [-0.15, -0.1) is 0 Å². The molecule has 62 valence electrons. The van der Waals surface area contributed by atoms with E-state index < -0.39 is 0 Å². The van der Waals surface area contributed by atoms with E-state index in [4.69, 9.17) is 9.47 Å². The summed E-state index contributed by atoms with van der Waals surface area (Å²) in [6.45, 7) is 1.91. The van der Waals surface area contributed by atoms with Gasteiger partial charge in [0.25, 0.3) is 0 Å².